The number of terminal acetylenes is 1. The Morgan fingerprint density at radius 3 is 2.53 bits per heavy atom. The summed E-state index contributed by atoms with van der Waals surface area (Å²) in [6.45, 7) is 12.2. The van der Waals surface area contributed by atoms with Crippen molar-refractivity contribution in [3.05, 3.63) is 59.6 Å². The molecule has 0 aromatic carbocycles. The number of hydrogen-bond acceptors (Lipinski definition) is 5. The fraction of sp³-hybridized carbons (Fsp3) is 0.464. The van der Waals surface area contributed by atoms with Gasteiger partial charge in [-0.15, -0.1) is 12.8 Å². The smallest absolute Gasteiger partial charge is 0.219 e. The normalized spacial score (nSPS) is 22.5. The number of hydrogen-bond donors (Lipinski definition) is 2. The molecule has 0 saturated carbocycles. The summed E-state index contributed by atoms with van der Waals surface area (Å²) in [6.07, 6.45) is 21.2. The zero-order valence-corrected chi connectivity index (χ0v) is 21.9. The third-order valence-corrected chi connectivity index (χ3v) is 6.39. The summed E-state index contributed by atoms with van der Waals surface area (Å²) in [7, 11) is 1.90. The number of ether oxygens (including phenoxy) is 1. The highest BCUT2D eigenvalue weighted by molar-refractivity contribution is 5.98. The molecule has 1 saturated heterocycles. The van der Waals surface area contributed by atoms with Crippen LogP contribution in [0.3, 0.4) is 0 Å². The van der Waals surface area contributed by atoms with E-state index in [0.717, 1.165) is 35.5 Å². The van der Waals surface area contributed by atoms with Crippen molar-refractivity contribution in [1.29, 1.82) is 5.41 Å². The Morgan fingerprint density at radius 2 is 1.97 bits per heavy atom. The molecule has 1 aromatic rings. The van der Waals surface area contributed by atoms with Gasteiger partial charge in [-0.1, -0.05) is 37.3 Å². The van der Waals surface area contributed by atoms with Gasteiger partial charge < -0.3 is 20.3 Å². The van der Waals surface area contributed by atoms with E-state index in [-0.39, 0.29) is 11.8 Å². The lowest BCUT2D eigenvalue weighted by molar-refractivity contribution is -0.128. The van der Waals surface area contributed by atoms with Gasteiger partial charge in [0.15, 0.2) is 0 Å². The van der Waals surface area contributed by atoms with Crippen LogP contribution in [0.25, 0.3) is 5.57 Å². The van der Waals surface area contributed by atoms with E-state index in [0.29, 0.717) is 44.1 Å². The largest absolute Gasteiger partial charge is 0.402 e. The monoisotopic (exact) mass is 492 g/mol. The van der Waals surface area contributed by atoms with Gasteiger partial charge in [0.25, 0.3) is 0 Å². The van der Waals surface area contributed by atoms with Crippen molar-refractivity contribution in [2.24, 2.45) is 18.7 Å². The minimum atomic E-state index is 0.0132. The molecular formula is C28H40N6O2. The molecule has 1 atom stereocenters. The van der Waals surface area contributed by atoms with Crippen LogP contribution in [-0.4, -0.2) is 70.7 Å². The lowest BCUT2D eigenvalue weighted by Gasteiger charge is -2.34. The fourth-order valence-electron chi connectivity index (χ4n) is 4.13. The second-order valence-corrected chi connectivity index (χ2v) is 9.15. The molecule has 0 bridgehead atoms. The third kappa shape index (κ3) is 7.99. The van der Waals surface area contributed by atoms with Crippen molar-refractivity contribution >= 4 is 17.3 Å². The molecule has 0 unspecified atom stereocenters. The zero-order valence-electron chi connectivity index (χ0n) is 21.9. The molecule has 3 aliphatic rings. The van der Waals surface area contributed by atoms with Crippen LogP contribution in [-0.2, 0) is 16.6 Å². The van der Waals surface area contributed by atoms with Gasteiger partial charge in [-0.25, -0.2) is 0 Å². The Hall–Kier alpha value is -3.57. The molecule has 4 heterocycles. The average Bonchev–Trinajstić information content (AvgIpc) is 3.59. The first-order chi connectivity index (χ1) is 17.3. The lowest BCUT2D eigenvalue weighted by Crippen LogP contribution is -2.44. The third-order valence-electron chi connectivity index (χ3n) is 6.39. The van der Waals surface area contributed by atoms with Crippen molar-refractivity contribution in [3.8, 4) is 12.8 Å². The Kier molecular flexibility index (Phi) is 11.2. The van der Waals surface area contributed by atoms with Crippen LogP contribution in [0.2, 0.25) is 0 Å². The van der Waals surface area contributed by atoms with Crippen LogP contribution in [0.5, 0.6) is 0 Å². The maximum absolute atomic E-state index is 11.8. The molecule has 36 heavy (non-hydrogen) atoms. The molecule has 3 aliphatic heterocycles. The Morgan fingerprint density at radius 1 is 1.28 bits per heavy atom. The molecule has 1 fully saturated rings. The van der Waals surface area contributed by atoms with Gasteiger partial charge in [0.1, 0.15) is 5.84 Å². The van der Waals surface area contributed by atoms with Crippen molar-refractivity contribution in [2.75, 3.05) is 39.4 Å². The zero-order chi connectivity index (χ0) is 26.7. The number of nitrogens with two attached hydrogens (primary N) is 1. The highest BCUT2D eigenvalue weighted by atomic mass is 16.5. The van der Waals surface area contributed by atoms with Gasteiger partial charge in [-0.3, -0.25) is 14.9 Å². The number of rotatable bonds is 2. The predicted molar refractivity (Wildman–Crippen MR) is 146 cm³/mol. The van der Waals surface area contributed by atoms with E-state index >= 15 is 0 Å². The number of carbonyl (C=O) groups excluding carboxylic acids is 1. The summed E-state index contributed by atoms with van der Waals surface area (Å²) >= 11 is 0. The molecule has 1 aromatic heterocycles. The maximum Gasteiger partial charge on any atom is 0.219 e. The lowest BCUT2D eigenvalue weighted by atomic mass is 9.97. The van der Waals surface area contributed by atoms with Crippen LogP contribution in [0, 0.1) is 24.2 Å². The highest BCUT2D eigenvalue weighted by Crippen LogP contribution is 2.24. The van der Waals surface area contributed by atoms with Gasteiger partial charge in [0, 0.05) is 76.3 Å². The standard InChI is InChI=1S/C22H30N6O.C4H8O.C2H2/c1-15-10-18(19-11-25-26(4)13-19)6-5-8-28(12-16(15)2)22(24)20-14-27(17(3)29)9-7-21(20)23;1-2-4-5-3-1;1-2/h5-6,10-11,13,16,24H,1,7-9,12,14,23H2,2-4H3;1-4H2;1-2H/b6-5-,18-10+,24-22?;;/t16-;;/m0../s1. The quantitative estimate of drug-likeness (QED) is 0.375. The molecule has 0 spiro atoms. The van der Waals surface area contributed by atoms with E-state index in [1.165, 1.54) is 12.8 Å². The number of allylic oxidation sites excluding steroid dienone is 3. The summed E-state index contributed by atoms with van der Waals surface area (Å²) < 4.78 is 6.73. The minimum absolute atomic E-state index is 0.0132. The van der Waals surface area contributed by atoms with Crippen LogP contribution in [0.1, 0.15) is 38.7 Å². The number of nitrogens with zero attached hydrogens (tertiary/aromatic N) is 4. The van der Waals surface area contributed by atoms with E-state index in [1.54, 1.807) is 16.5 Å². The Bertz CT molecular complexity index is 1030. The average molecular weight is 493 g/mol. The number of aromatic nitrogens is 2. The summed E-state index contributed by atoms with van der Waals surface area (Å²) in [5.74, 6) is 0.568. The van der Waals surface area contributed by atoms with Crippen molar-refractivity contribution in [2.45, 2.75) is 33.1 Å². The fourth-order valence-corrected chi connectivity index (χ4v) is 4.13. The molecular weight excluding hydrogens is 452 g/mol. The molecule has 4 rings (SSSR count). The maximum atomic E-state index is 11.8. The number of amides is 1. The molecule has 0 aliphatic carbocycles. The molecule has 194 valence electrons. The summed E-state index contributed by atoms with van der Waals surface area (Å²) in [6, 6.07) is 0. The van der Waals surface area contributed by atoms with Crippen molar-refractivity contribution in [1.82, 2.24) is 19.6 Å². The summed E-state index contributed by atoms with van der Waals surface area (Å²) in [5.41, 5.74) is 10.8. The molecule has 1 amide bonds. The van der Waals surface area contributed by atoms with E-state index in [2.05, 4.69) is 49.7 Å². The van der Waals surface area contributed by atoms with E-state index in [4.69, 9.17) is 15.9 Å². The summed E-state index contributed by atoms with van der Waals surface area (Å²) in [5, 5.41) is 13.1. The van der Waals surface area contributed by atoms with Crippen LogP contribution < -0.4 is 5.73 Å². The second kappa shape index (κ2) is 14.1. The van der Waals surface area contributed by atoms with Gasteiger partial charge in [0.2, 0.25) is 5.91 Å². The first-order valence-electron chi connectivity index (χ1n) is 12.3. The van der Waals surface area contributed by atoms with Crippen LogP contribution in [0.4, 0.5) is 0 Å². The van der Waals surface area contributed by atoms with Gasteiger partial charge in [-0.05, 0) is 24.3 Å². The summed E-state index contributed by atoms with van der Waals surface area (Å²) in [4.78, 5) is 15.6. The first-order valence-corrected chi connectivity index (χ1v) is 12.3. The number of aryl methyl sites for hydroxylation is 1. The topological polar surface area (TPSA) is 100 Å². The van der Waals surface area contributed by atoms with Crippen molar-refractivity contribution < 1.29 is 9.53 Å². The number of nitrogens with one attached hydrogen (secondary N) is 1. The first kappa shape index (κ1) is 28.7. The van der Waals surface area contributed by atoms with Crippen molar-refractivity contribution in [3.63, 3.8) is 0 Å². The molecule has 8 nitrogen and oxygen atoms in total. The molecule has 0 radical (unpaired) electrons. The minimum Gasteiger partial charge on any atom is -0.402 e. The number of carbonyl (C=O) groups is 1. The van der Waals surface area contributed by atoms with E-state index in [9.17, 15) is 4.79 Å². The second-order valence-electron chi connectivity index (χ2n) is 9.15. The van der Waals surface area contributed by atoms with Crippen LogP contribution in [0.15, 0.2) is 54.0 Å². The predicted octanol–water partition coefficient (Wildman–Crippen LogP) is 3.36. The number of amidine groups is 1. The van der Waals surface area contributed by atoms with Crippen LogP contribution >= 0.6 is 0 Å². The Labute approximate surface area is 215 Å². The Balaban J connectivity index is 0.000000570. The van der Waals surface area contributed by atoms with Gasteiger partial charge >= 0.3 is 0 Å². The molecule has 3 N–H and O–H groups in total. The van der Waals surface area contributed by atoms with Gasteiger partial charge in [-0.2, -0.15) is 5.10 Å². The van der Waals surface area contributed by atoms with E-state index < -0.39 is 0 Å². The van der Waals surface area contributed by atoms with Gasteiger partial charge in [0.05, 0.1) is 12.7 Å². The molecule has 8 heteroatoms. The highest BCUT2D eigenvalue weighted by Gasteiger charge is 2.26. The van der Waals surface area contributed by atoms with E-state index in [1.807, 2.05) is 24.3 Å². The SMILES string of the molecule is C#C.C1CCOC1.C=C1/C=C(c2cnn(C)c2)\C=C/CN(C(=N)C2=C(N)CCN(C(C)=O)C2)C[C@@H]1C.